The summed E-state index contributed by atoms with van der Waals surface area (Å²) in [6.45, 7) is 19.9. The smallest absolute Gasteiger partial charge is 0.261 e. The molecule has 430 valence electrons. The van der Waals surface area contributed by atoms with Gasteiger partial charge in [-0.1, -0.05) is 75.4 Å². The lowest BCUT2D eigenvalue weighted by Crippen LogP contribution is -2.46. The maximum Gasteiger partial charge on any atom is 0.261 e. The van der Waals surface area contributed by atoms with Gasteiger partial charge < -0.3 is 31.3 Å². The molecule has 0 bridgehead atoms. The van der Waals surface area contributed by atoms with Gasteiger partial charge in [0.15, 0.2) is 23.6 Å². The molecule has 0 radical (unpaired) electrons. The number of carbonyl (C=O) groups is 5. The zero-order chi connectivity index (χ0) is 59.1. The van der Waals surface area contributed by atoms with Crippen molar-refractivity contribution in [3.8, 4) is 0 Å². The Labute approximate surface area is 494 Å². The number of rotatable bonds is 5. The monoisotopic (exact) mass is 1180 g/mol. The zero-order valence-corrected chi connectivity index (χ0v) is 47.1. The van der Waals surface area contributed by atoms with Crippen molar-refractivity contribution in [3.05, 3.63) is 189 Å². The van der Waals surface area contributed by atoms with Gasteiger partial charge in [-0.05, 0) is 41.5 Å². The van der Waals surface area contributed by atoms with Crippen LogP contribution in [0.3, 0.4) is 0 Å². The van der Waals surface area contributed by atoms with E-state index in [2.05, 4.69) is 142 Å². The molecule has 10 aliphatic rings. The molecule has 5 unspecified atom stereocenters. The Morgan fingerprint density at radius 3 is 1.38 bits per heavy atom. The summed E-state index contributed by atoms with van der Waals surface area (Å²) in [6, 6.07) is 2.88. The number of carbonyl (C=O) groups excluding carboxylic acids is 5. The molecule has 5 fully saturated rings. The van der Waals surface area contributed by atoms with Crippen LogP contribution in [0.4, 0.5) is 0 Å². The number of aromatic nitrogens is 13. The Kier molecular flexibility index (Phi) is 17.2. The fraction of sp³-hybridized carbons (Fsp3) is 0.263. The number of fused-ring (bicyclic) bond motifs is 5. The summed E-state index contributed by atoms with van der Waals surface area (Å²) >= 11 is 3.02. The van der Waals surface area contributed by atoms with Gasteiger partial charge in [-0.3, -0.25) is 34.6 Å². The Balaban J connectivity index is 0.000000111. The Morgan fingerprint density at radius 2 is 0.835 bits per heavy atom. The number of allylic oxidation sites excluding steroid dienone is 5. The van der Waals surface area contributed by atoms with Crippen LogP contribution in [0, 0.1) is 0 Å². The van der Waals surface area contributed by atoms with Crippen LogP contribution in [0.5, 0.6) is 0 Å². The molecule has 85 heavy (non-hydrogen) atoms. The maximum absolute atomic E-state index is 11.8. The van der Waals surface area contributed by atoms with Crippen LogP contribution in [-0.4, -0.2) is 127 Å². The molecule has 28 heteroatoms. The third-order valence-electron chi connectivity index (χ3n) is 13.6. The summed E-state index contributed by atoms with van der Waals surface area (Å²) in [7, 11) is 0. The molecule has 0 saturated carbocycles. The summed E-state index contributed by atoms with van der Waals surface area (Å²) < 4.78 is 5.35. The molecule has 10 heterocycles. The van der Waals surface area contributed by atoms with Crippen molar-refractivity contribution in [2.75, 3.05) is 31.2 Å². The maximum atomic E-state index is 11.8. The predicted molar refractivity (Wildman–Crippen MR) is 314 cm³/mol. The number of hydrogen-bond acceptors (Lipinski definition) is 23. The van der Waals surface area contributed by atoms with Crippen molar-refractivity contribution in [2.24, 2.45) is 0 Å². The zero-order valence-electron chi connectivity index (χ0n) is 45.5. The van der Waals surface area contributed by atoms with E-state index in [-0.39, 0.29) is 46.6 Å². The fourth-order valence-corrected chi connectivity index (χ4v) is 11.2. The normalized spacial score (nSPS) is 22.5. The van der Waals surface area contributed by atoms with Gasteiger partial charge in [0.25, 0.3) is 5.91 Å². The van der Waals surface area contributed by atoms with Crippen molar-refractivity contribution in [1.29, 1.82) is 0 Å². The van der Waals surface area contributed by atoms with Crippen LogP contribution in [0.1, 0.15) is 114 Å². The van der Waals surface area contributed by atoms with E-state index in [9.17, 15) is 24.0 Å². The topological polar surface area (TPSA) is 346 Å². The summed E-state index contributed by atoms with van der Waals surface area (Å²) in [5.74, 6) is 1.80. The second-order valence-electron chi connectivity index (χ2n) is 20.0. The first-order valence-electron chi connectivity index (χ1n) is 26.7. The minimum atomic E-state index is -0.799. The number of amides is 5. The molecule has 5 saturated heterocycles. The number of nitrogens with one attached hydrogen (secondary N) is 7. The number of morpholine rings is 1. The molecule has 26 nitrogen and oxygen atoms in total. The van der Waals surface area contributed by atoms with E-state index in [1.165, 1.54) is 23.5 Å². The summed E-state index contributed by atoms with van der Waals surface area (Å²) in [6.07, 6.45) is 22.9. The average molecular weight is 1180 g/mol. The SMILES string of the molecule is C=C1CNC(c2cc3c(nn2)CC=C3)C(=O)N1.C=C1CNC(c2nnc3c(n2)C=CC3)C(=O)N1.C=C1COC(c2nnc3c(n2)C=CC3)C(=O)N1.C=C1CSC(c2cc3c(nn2)CC=C3)C(=O)N1.C=C1CSC(c2nnc3c(n2)C=CC3)C(=O)N1. The van der Waals surface area contributed by atoms with Crippen LogP contribution in [0.25, 0.3) is 30.4 Å². The molecular weight excluding hydrogens is 1120 g/mol. The number of piperazine rings is 2. The molecule has 5 aromatic heterocycles. The van der Waals surface area contributed by atoms with E-state index in [0.717, 1.165) is 112 Å². The molecule has 7 N–H and O–H groups in total. The van der Waals surface area contributed by atoms with Gasteiger partial charge in [-0.25, -0.2) is 15.0 Å². The molecular formula is C57H54N20O6S2. The summed E-state index contributed by atoms with van der Waals surface area (Å²) in [5, 5.41) is 59.6. The van der Waals surface area contributed by atoms with Gasteiger partial charge in [0.05, 0.1) is 63.5 Å². The third kappa shape index (κ3) is 13.5. The van der Waals surface area contributed by atoms with E-state index in [4.69, 9.17) is 4.74 Å². The van der Waals surface area contributed by atoms with Gasteiger partial charge in [0, 0.05) is 85.2 Å². The summed E-state index contributed by atoms with van der Waals surface area (Å²) in [5.41, 5.74) is 13.8. The summed E-state index contributed by atoms with van der Waals surface area (Å²) in [4.78, 5) is 71.8. The minimum Gasteiger partial charge on any atom is -0.354 e. The van der Waals surface area contributed by atoms with E-state index >= 15 is 0 Å². The third-order valence-corrected chi connectivity index (χ3v) is 16.2. The molecule has 0 aromatic carbocycles. The number of nitrogens with zero attached hydrogens (tertiary/aromatic N) is 13. The average Bonchev–Trinajstić information content (AvgIpc) is 4.27. The van der Waals surface area contributed by atoms with E-state index in [1.807, 2.05) is 66.8 Å². The van der Waals surface area contributed by atoms with Crippen molar-refractivity contribution in [3.63, 3.8) is 0 Å². The van der Waals surface area contributed by atoms with Crippen LogP contribution >= 0.6 is 23.5 Å². The lowest BCUT2D eigenvalue weighted by Gasteiger charge is -2.24. The Morgan fingerprint density at radius 1 is 0.412 bits per heavy atom. The van der Waals surface area contributed by atoms with Crippen LogP contribution in [0.2, 0.25) is 0 Å². The first-order valence-corrected chi connectivity index (χ1v) is 28.8. The van der Waals surface area contributed by atoms with Gasteiger partial charge in [-0.15, -0.1) is 38.8 Å². The highest BCUT2D eigenvalue weighted by molar-refractivity contribution is 8.00. The van der Waals surface area contributed by atoms with E-state index in [1.54, 1.807) is 0 Å². The minimum absolute atomic E-state index is 0.0533. The predicted octanol–water partition coefficient (Wildman–Crippen LogP) is 2.50. The number of hydrogen-bond donors (Lipinski definition) is 7. The van der Waals surface area contributed by atoms with E-state index in [0.29, 0.717) is 59.1 Å². The molecule has 0 spiro atoms. The molecule has 15 rings (SSSR count). The fourth-order valence-electron chi connectivity index (χ4n) is 9.39. The van der Waals surface area contributed by atoms with Crippen molar-refractivity contribution in [2.45, 2.75) is 60.8 Å². The first kappa shape index (κ1) is 57.3. The molecule has 5 amide bonds. The highest BCUT2D eigenvalue weighted by atomic mass is 32.2. The lowest BCUT2D eigenvalue weighted by atomic mass is 10.1. The number of ether oxygens (including phenoxy) is 1. The van der Waals surface area contributed by atoms with Crippen LogP contribution < -0.4 is 37.2 Å². The highest BCUT2D eigenvalue weighted by Gasteiger charge is 2.34. The molecule has 5 atom stereocenters. The highest BCUT2D eigenvalue weighted by Crippen LogP contribution is 2.34. The van der Waals surface area contributed by atoms with Gasteiger partial charge in [0.2, 0.25) is 23.6 Å². The molecule has 5 aliphatic carbocycles. The molecule has 5 aliphatic heterocycles. The van der Waals surface area contributed by atoms with E-state index < -0.39 is 18.2 Å². The Bertz CT molecular complexity index is 3260. The van der Waals surface area contributed by atoms with Gasteiger partial charge in [0.1, 0.15) is 22.6 Å². The Hall–Kier alpha value is -9.48. The second kappa shape index (κ2) is 25.6. The molecule has 5 aromatic rings. The van der Waals surface area contributed by atoms with Gasteiger partial charge in [-0.2, -0.15) is 35.7 Å². The van der Waals surface area contributed by atoms with Crippen molar-refractivity contribution < 1.29 is 28.7 Å². The standard InChI is InChI=1S/C12H12N4O.C12H11N3OS.C11H11N5O.C11H10N4O2.C11H10N4OS/c1-7-6-13-11(12(17)14-7)10-5-8-3-2-4-9(8)15-16-10;1-7-6-17-11(12(16)13-7)10-5-8-3-2-4-9(8)14-15-10;1-6-5-12-9(11(17)13-6)10-14-7-3-2-4-8(7)15-16-10;2*1-6-5-17-9(11(16)12-6)10-13-7-3-2-4-8(7)14-15-10/h2-3,5,11,13H,1,4,6H2,(H,14,17);2-3,5,11H,1,4,6H2,(H,13,16);2-3,9,12H,1,4-5H2,(H,13,17);2*2-3,9H,1,4-5H2,(H,12,16). The van der Waals surface area contributed by atoms with Crippen LogP contribution in [0.15, 0.2) is 104 Å². The van der Waals surface area contributed by atoms with Crippen molar-refractivity contribution in [1.82, 2.24) is 103 Å². The quantitative estimate of drug-likeness (QED) is 0.133. The lowest BCUT2D eigenvalue weighted by molar-refractivity contribution is -0.136. The largest absolute Gasteiger partial charge is 0.354 e. The van der Waals surface area contributed by atoms with Crippen LogP contribution in [-0.2, 0) is 60.8 Å². The van der Waals surface area contributed by atoms with Gasteiger partial charge >= 0.3 is 0 Å². The number of thioether (sulfide) groups is 2. The van der Waals surface area contributed by atoms with Crippen molar-refractivity contribution >= 4 is 83.4 Å². The first-order chi connectivity index (χ1) is 41.2. The second-order valence-corrected chi connectivity index (χ2v) is 22.2.